The molecule has 0 aromatic carbocycles. The van der Waals surface area contributed by atoms with Gasteiger partial charge in [-0.3, -0.25) is 4.79 Å². The molecule has 2 heterocycles. The molecule has 6 heteroatoms. The lowest BCUT2D eigenvalue weighted by Crippen LogP contribution is -2.31. The molecule has 1 fully saturated rings. The first-order chi connectivity index (χ1) is 9.20. The maximum atomic E-state index is 12.0. The van der Waals surface area contributed by atoms with Gasteiger partial charge in [0.15, 0.2) is 0 Å². The normalized spacial score (nSPS) is 16.1. The molecule has 0 aliphatic carbocycles. The predicted molar refractivity (Wildman–Crippen MR) is 81.2 cm³/mol. The molecule has 0 saturated carbocycles. The lowest BCUT2D eigenvalue weighted by molar-refractivity contribution is 0.0946. The number of carbonyl (C=O) groups excluding carboxylic acids is 1. The molecule has 1 aliphatic heterocycles. The van der Waals surface area contributed by atoms with Gasteiger partial charge in [-0.15, -0.1) is 0 Å². The van der Waals surface area contributed by atoms with Crippen LogP contribution in [0, 0.1) is 5.92 Å². The highest BCUT2D eigenvalue weighted by atomic mass is 35.5. The first kappa shape index (κ1) is 14.5. The summed E-state index contributed by atoms with van der Waals surface area (Å²) in [5.41, 5.74) is 0.509. The molecule has 0 bridgehead atoms. The standard InChI is InChI=1S/C13H18ClN3OS/c1-15-12-11(14)6-10(8-16-12)13(18)17-7-9-2-4-19-5-3-9/h6,8-9H,2-5,7H2,1H3,(H,15,16)(H,17,18). The van der Waals surface area contributed by atoms with Crippen LogP contribution in [0.5, 0.6) is 0 Å². The summed E-state index contributed by atoms with van der Waals surface area (Å²) < 4.78 is 0. The van der Waals surface area contributed by atoms with Crippen LogP contribution in [0.1, 0.15) is 23.2 Å². The minimum atomic E-state index is -0.102. The number of aromatic nitrogens is 1. The van der Waals surface area contributed by atoms with E-state index < -0.39 is 0 Å². The molecule has 1 aromatic heterocycles. The molecule has 0 radical (unpaired) electrons. The van der Waals surface area contributed by atoms with Gasteiger partial charge in [0.05, 0.1) is 10.6 Å². The van der Waals surface area contributed by atoms with Crippen LogP contribution in [0.25, 0.3) is 0 Å². The van der Waals surface area contributed by atoms with Crippen molar-refractivity contribution in [1.29, 1.82) is 0 Å². The molecule has 4 nitrogen and oxygen atoms in total. The predicted octanol–water partition coefficient (Wildman–Crippen LogP) is 2.65. The van der Waals surface area contributed by atoms with E-state index >= 15 is 0 Å². The van der Waals surface area contributed by atoms with Gasteiger partial charge in [0.25, 0.3) is 5.91 Å². The summed E-state index contributed by atoms with van der Waals surface area (Å²) in [5, 5.41) is 6.30. The highest BCUT2D eigenvalue weighted by Crippen LogP contribution is 2.22. The van der Waals surface area contributed by atoms with Crippen molar-refractivity contribution in [2.45, 2.75) is 12.8 Å². The third kappa shape index (κ3) is 4.01. The number of hydrogen-bond donors (Lipinski definition) is 2. The van der Waals surface area contributed by atoms with Crippen LogP contribution in [-0.2, 0) is 0 Å². The van der Waals surface area contributed by atoms with Crippen molar-refractivity contribution in [3.63, 3.8) is 0 Å². The second-order valence-corrected chi connectivity index (χ2v) is 6.20. The van der Waals surface area contributed by atoms with Crippen molar-refractivity contribution in [3.8, 4) is 0 Å². The van der Waals surface area contributed by atoms with Crippen molar-refractivity contribution in [2.75, 3.05) is 30.4 Å². The van der Waals surface area contributed by atoms with Crippen LogP contribution in [0.2, 0.25) is 5.02 Å². The SMILES string of the molecule is CNc1ncc(C(=O)NCC2CCSCC2)cc1Cl. The monoisotopic (exact) mass is 299 g/mol. The number of rotatable bonds is 4. The van der Waals surface area contributed by atoms with Crippen LogP contribution in [0.4, 0.5) is 5.82 Å². The highest BCUT2D eigenvalue weighted by Gasteiger charge is 2.15. The molecule has 1 saturated heterocycles. The molecule has 1 aromatic rings. The van der Waals surface area contributed by atoms with E-state index in [0.717, 1.165) is 6.54 Å². The third-order valence-corrected chi connectivity index (χ3v) is 4.57. The number of thioether (sulfide) groups is 1. The van der Waals surface area contributed by atoms with Gasteiger partial charge in [-0.2, -0.15) is 11.8 Å². The van der Waals surface area contributed by atoms with Gasteiger partial charge in [0.1, 0.15) is 5.82 Å². The van der Waals surface area contributed by atoms with E-state index in [-0.39, 0.29) is 5.91 Å². The van der Waals surface area contributed by atoms with Gasteiger partial charge in [0, 0.05) is 19.8 Å². The number of pyridine rings is 1. The zero-order valence-corrected chi connectivity index (χ0v) is 12.5. The van der Waals surface area contributed by atoms with Gasteiger partial charge in [-0.1, -0.05) is 11.6 Å². The fourth-order valence-corrected chi connectivity index (χ4v) is 3.50. The number of nitrogens with zero attached hydrogens (tertiary/aromatic N) is 1. The Kier molecular flexibility index (Phi) is 5.34. The fourth-order valence-electron chi connectivity index (χ4n) is 2.04. The molecule has 1 amide bonds. The average Bonchev–Trinajstić information content (AvgIpc) is 2.45. The van der Waals surface area contributed by atoms with E-state index in [4.69, 9.17) is 11.6 Å². The zero-order chi connectivity index (χ0) is 13.7. The second kappa shape index (κ2) is 7.01. The number of carbonyl (C=O) groups is 1. The van der Waals surface area contributed by atoms with Gasteiger partial charge in [-0.25, -0.2) is 4.98 Å². The van der Waals surface area contributed by atoms with Crippen molar-refractivity contribution in [2.24, 2.45) is 5.92 Å². The zero-order valence-electron chi connectivity index (χ0n) is 10.9. The Labute approximate surface area is 122 Å². The first-order valence-corrected chi connectivity index (χ1v) is 7.93. The van der Waals surface area contributed by atoms with Crippen LogP contribution in [0.15, 0.2) is 12.3 Å². The Bertz CT molecular complexity index is 450. The van der Waals surface area contributed by atoms with E-state index in [9.17, 15) is 4.79 Å². The molecule has 1 aliphatic rings. The quantitative estimate of drug-likeness (QED) is 0.897. The Morgan fingerprint density at radius 1 is 1.53 bits per heavy atom. The summed E-state index contributed by atoms with van der Waals surface area (Å²) in [7, 11) is 1.75. The molecular weight excluding hydrogens is 282 g/mol. The van der Waals surface area contributed by atoms with Crippen LogP contribution in [-0.4, -0.2) is 36.0 Å². The summed E-state index contributed by atoms with van der Waals surface area (Å²) in [4.78, 5) is 16.1. The van der Waals surface area contributed by atoms with Crippen LogP contribution >= 0.6 is 23.4 Å². The number of hydrogen-bond acceptors (Lipinski definition) is 4. The Balaban J connectivity index is 1.90. The molecular formula is C13H18ClN3OS. The maximum Gasteiger partial charge on any atom is 0.252 e. The summed E-state index contributed by atoms with van der Waals surface area (Å²) in [6, 6.07) is 1.65. The first-order valence-electron chi connectivity index (χ1n) is 6.40. The summed E-state index contributed by atoms with van der Waals surface area (Å²) in [6.45, 7) is 0.741. The number of nitrogens with one attached hydrogen (secondary N) is 2. The fraction of sp³-hybridized carbons (Fsp3) is 0.538. The van der Waals surface area contributed by atoms with Gasteiger partial charge < -0.3 is 10.6 Å². The maximum absolute atomic E-state index is 12.0. The van der Waals surface area contributed by atoms with E-state index in [0.29, 0.717) is 22.3 Å². The lowest BCUT2D eigenvalue weighted by Gasteiger charge is -2.21. The number of amides is 1. The smallest absolute Gasteiger partial charge is 0.252 e. The van der Waals surface area contributed by atoms with E-state index in [1.54, 1.807) is 19.3 Å². The van der Waals surface area contributed by atoms with Crippen molar-refractivity contribution < 1.29 is 4.79 Å². The van der Waals surface area contributed by atoms with E-state index in [2.05, 4.69) is 15.6 Å². The van der Waals surface area contributed by atoms with E-state index in [1.165, 1.54) is 24.3 Å². The van der Waals surface area contributed by atoms with Gasteiger partial charge in [0.2, 0.25) is 0 Å². The van der Waals surface area contributed by atoms with Crippen molar-refractivity contribution in [3.05, 3.63) is 22.8 Å². The van der Waals surface area contributed by atoms with Crippen molar-refractivity contribution in [1.82, 2.24) is 10.3 Å². The summed E-state index contributed by atoms with van der Waals surface area (Å²) in [5.74, 6) is 3.48. The lowest BCUT2D eigenvalue weighted by atomic mass is 10.0. The summed E-state index contributed by atoms with van der Waals surface area (Å²) >= 11 is 8.00. The molecule has 19 heavy (non-hydrogen) atoms. The molecule has 0 unspecified atom stereocenters. The average molecular weight is 300 g/mol. The van der Waals surface area contributed by atoms with Gasteiger partial charge in [-0.05, 0) is 36.3 Å². The summed E-state index contributed by atoms with van der Waals surface area (Å²) in [6.07, 6.45) is 3.91. The minimum Gasteiger partial charge on any atom is -0.372 e. The van der Waals surface area contributed by atoms with Crippen molar-refractivity contribution >= 4 is 35.1 Å². The second-order valence-electron chi connectivity index (χ2n) is 4.57. The molecule has 0 spiro atoms. The molecule has 104 valence electrons. The molecule has 2 N–H and O–H groups in total. The van der Waals surface area contributed by atoms with E-state index in [1.807, 2.05) is 11.8 Å². The highest BCUT2D eigenvalue weighted by molar-refractivity contribution is 7.99. The number of anilines is 1. The minimum absolute atomic E-state index is 0.102. The number of halogens is 1. The van der Waals surface area contributed by atoms with Gasteiger partial charge >= 0.3 is 0 Å². The topological polar surface area (TPSA) is 54.0 Å². The largest absolute Gasteiger partial charge is 0.372 e. The third-order valence-electron chi connectivity index (χ3n) is 3.23. The Morgan fingerprint density at radius 2 is 2.26 bits per heavy atom. The molecule has 0 atom stereocenters. The Hall–Kier alpha value is -0.940. The van der Waals surface area contributed by atoms with Crippen LogP contribution < -0.4 is 10.6 Å². The molecule has 2 rings (SSSR count). The van der Waals surface area contributed by atoms with Crippen LogP contribution in [0.3, 0.4) is 0 Å². The Morgan fingerprint density at radius 3 is 2.89 bits per heavy atom.